The lowest BCUT2D eigenvalue weighted by molar-refractivity contribution is -0.131. The normalized spacial score (nSPS) is 14.4. The Morgan fingerprint density at radius 2 is 1.74 bits per heavy atom. The fraction of sp³-hybridized carbons (Fsp3) is 0.350. The molecule has 0 N–H and O–H groups in total. The highest BCUT2D eigenvalue weighted by Gasteiger charge is 2.23. The van der Waals surface area contributed by atoms with Crippen LogP contribution in [-0.2, 0) is 14.6 Å². The molecular weight excluding hydrogens is 366 g/mol. The molecule has 0 fully saturated rings. The molecule has 0 saturated heterocycles. The minimum absolute atomic E-state index is 0.0789. The van der Waals surface area contributed by atoms with E-state index < -0.39 is 9.84 Å². The second kappa shape index (κ2) is 8.00. The van der Waals surface area contributed by atoms with Gasteiger partial charge < -0.3 is 14.4 Å². The summed E-state index contributed by atoms with van der Waals surface area (Å²) < 4.78 is 36.1. The van der Waals surface area contributed by atoms with Gasteiger partial charge in [0.25, 0.3) is 0 Å². The maximum atomic E-state index is 12.6. The van der Waals surface area contributed by atoms with Crippen molar-refractivity contribution in [2.24, 2.45) is 0 Å². The van der Waals surface area contributed by atoms with Crippen molar-refractivity contribution in [3.05, 3.63) is 54.1 Å². The minimum atomic E-state index is -3.60. The van der Waals surface area contributed by atoms with E-state index in [0.717, 1.165) is 5.56 Å². The zero-order valence-corrected chi connectivity index (χ0v) is 16.2. The average Bonchev–Trinajstić information content (AvgIpc) is 2.71. The van der Waals surface area contributed by atoms with Gasteiger partial charge in [-0.2, -0.15) is 0 Å². The van der Waals surface area contributed by atoms with Gasteiger partial charge in [0.05, 0.1) is 16.7 Å². The van der Waals surface area contributed by atoms with Crippen LogP contribution >= 0.6 is 0 Å². The molecule has 6 nitrogen and oxygen atoms in total. The molecule has 7 heteroatoms. The standard InChI is InChI=1S/C20H23NO5S/c1-15(16-6-4-3-5-7-16)21(2)20(22)10-13-27(23,24)17-8-9-18-19(14-17)26-12-11-25-18/h3-9,14-15H,10-13H2,1-2H3/t15-/m0/s1. The lowest BCUT2D eigenvalue weighted by atomic mass is 10.1. The number of hydrogen-bond donors (Lipinski definition) is 0. The summed E-state index contributed by atoms with van der Waals surface area (Å²) in [7, 11) is -1.90. The summed E-state index contributed by atoms with van der Waals surface area (Å²) in [5, 5.41) is 0. The first kappa shape index (κ1) is 19.2. The molecular formula is C20H23NO5S. The molecule has 1 aliphatic rings. The number of benzene rings is 2. The van der Waals surface area contributed by atoms with Crippen LogP contribution in [0.4, 0.5) is 0 Å². The predicted molar refractivity (Wildman–Crippen MR) is 102 cm³/mol. The zero-order chi connectivity index (χ0) is 19.4. The van der Waals surface area contributed by atoms with Crippen LogP contribution in [0.3, 0.4) is 0 Å². The largest absolute Gasteiger partial charge is 0.486 e. The number of sulfone groups is 1. The monoisotopic (exact) mass is 389 g/mol. The fourth-order valence-corrected chi connectivity index (χ4v) is 4.15. The Hall–Kier alpha value is -2.54. The molecule has 0 aromatic heterocycles. The SMILES string of the molecule is C[C@@H](c1ccccc1)N(C)C(=O)CCS(=O)(=O)c1ccc2c(c1)OCCO2. The first-order valence-corrected chi connectivity index (χ1v) is 10.5. The van der Waals surface area contributed by atoms with Gasteiger partial charge in [-0.3, -0.25) is 4.79 Å². The van der Waals surface area contributed by atoms with Crippen molar-refractivity contribution in [2.75, 3.05) is 26.0 Å². The summed E-state index contributed by atoms with van der Waals surface area (Å²) in [6, 6.07) is 14.0. The maximum Gasteiger partial charge on any atom is 0.223 e. The first-order valence-electron chi connectivity index (χ1n) is 8.81. The van der Waals surface area contributed by atoms with Gasteiger partial charge in [0.1, 0.15) is 13.2 Å². The molecule has 0 saturated carbocycles. The molecule has 1 aliphatic heterocycles. The Kier molecular flexibility index (Phi) is 5.70. The van der Waals surface area contributed by atoms with E-state index in [1.54, 1.807) is 18.0 Å². The van der Waals surface area contributed by atoms with Crippen LogP contribution in [0.25, 0.3) is 0 Å². The lowest BCUT2D eigenvalue weighted by Crippen LogP contribution is -2.31. The molecule has 0 unspecified atom stereocenters. The van der Waals surface area contributed by atoms with Gasteiger partial charge in [0, 0.05) is 19.5 Å². The number of rotatable bonds is 6. The van der Waals surface area contributed by atoms with Crippen LogP contribution in [0.1, 0.15) is 24.9 Å². The van der Waals surface area contributed by atoms with Gasteiger partial charge in [-0.05, 0) is 24.6 Å². The summed E-state index contributed by atoms with van der Waals surface area (Å²) in [4.78, 5) is 14.2. The number of carbonyl (C=O) groups is 1. The Labute approximate surface area is 159 Å². The van der Waals surface area contributed by atoms with E-state index in [-0.39, 0.29) is 29.0 Å². The Morgan fingerprint density at radius 1 is 1.07 bits per heavy atom. The number of carbonyl (C=O) groups excluding carboxylic acids is 1. The highest BCUT2D eigenvalue weighted by atomic mass is 32.2. The van der Waals surface area contributed by atoms with Crippen molar-refractivity contribution in [3.63, 3.8) is 0 Å². The van der Waals surface area contributed by atoms with E-state index in [1.807, 2.05) is 37.3 Å². The molecule has 1 atom stereocenters. The van der Waals surface area contributed by atoms with Gasteiger partial charge in [-0.1, -0.05) is 30.3 Å². The number of nitrogens with zero attached hydrogens (tertiary/aromatic N) is 1. The van der Waals surface area contributed by atoms with Crippen molar-refractivity contribution in [2.45, 2.75) is 24.3 Å². The van der Waals surface area contributed by atoms with Gasteiger partial charge >= 0.3 is 0 Å². The van der Waals surface area contributed by atoms with E-state index in [9.17, 15) is 13.2 Å². The third kappa shape index (κ3) is 4.42. The molecule has 3 rings (SSSR count). The Bertz CT molecular complexity index is 911. The van der Waals surface area contributed by atoms with Crippen molar-refractivity contribution < 1.29 is 22.7 Å². The second-order valence-corrected chi connectivity index (χ2v) is 8.57. The maximum absolute atomic E-state index is 12.6. The second-order valence-electron chi connectivity index (χ2n) is 6.47. The summed E-state index contributed by atoms with van der Waals surface area (Å²) in [6.45, 7) is 2.75. The first-order chi connectivity index (χ1) is 12.9. The number of ether oxygens (including phenoxy) is 2. The van der Waals surface area contributed by atoms with Gasteiger partial charge in [-0.15, -0.1) is 0 Å². The molecule has 2 aromatic carbocycles. The number of fused-ring (bicyclic) bond motifs is 1. The lowest BCUT2D eigenvalue weighted by Gasteiger charge is -2.25. The molecule has 0 bridgehead atoms. The molecule has 0 radical (unpaired) electrons. The van der Waals surface area contributed by atoms with Crippen molar-refractivity contribution in [1.29, 1.82) is 0 Å². The van der Waals surface area contributed by atoms with Gasteiger partial charge in [0.15, 0.2) is 21.3 Å². The third-order valence-electron chi connectivity index (χ3n) is 4.71. The molecule has 0 spiro atoms. The number of hydrogen-bond acceptors (Lipinski definition) is 5. The Morgan fingerprint density at radius 3 is 2.44 bits per heavy atom. The molecule has 1 heterocycles. The highest BCUT2D eigenvalue weighted by Crippen LogP contribution is 2.32. The predicted octanol–water partition coefficient (Wildman–Crippen LogP) is 2.84. The van der Waals surface area contributed by atoms with Gasteiger partial charge in [-0.25, -0.2) is 8.42 Å². The molecule has 27 heavy (non-hydrogen) atoms. The van der Waals surface area contributed by atoms with E-state index in [0.29, 0.717) is 24.7 Å². The third-order valence-corrected chi connectivity index (χ3v) is 6.43. The van der Waals surface area contributed by atoms with Crippen LogP contribution in [0.2, 0.25) is 0 Å². The molecule has 144 valence electrons. The minimum Gasteiger partial charge on any atom is -0.486 e. The van der Waals surface area contributed by atoms with Crippen LogP contribution < -0.4 is 9.47 Å². The topological polar surface area (TPSA) is 72.9 Å². The van der Waals surface area contributed by atoms with Crippen molar-refractivity contribution in [3.8, 4) is 11.5 Å². The van der Waals surface area contributed by atoms with E-state index in [2.05, 4.69) is 0 Å². The summed E-state index contributed by atoms with van der Waals surface area (Å²) in [5.74, 6) is 0.487. The van der Waals surface area contributed by atoms with Crippen molar-refractivity contribution >= 4 is 15.7 Å². The fourth-order valence-electron chi connectivity index (χ4n) is 2.90. The van der Waals surface area contributed by atoms with Gasteiger partial charge in [0.2, 0.25) is 5.91 Å². The molecule has 0 aliphatic carbocycles. The van der Waals surface area contributed by atoms with E-state index in [1.165, 1.54) is 12.1 Å². The highest BCUT2D eigenvalue weighted by molar-refractivity contribution is 7.91. The van der Waals surface area contributed by atoms with Crippen LogP contribution in [0, 0.1) is 0 Å². The van der Waals surface area contributed by atoms with E-state index >= 15 is 0 Å². The summed E-state index contributed by atoms with van der Waals surface area (Å²) in [6.07, 6.45) is -0.0789. The number of amides is 1. The van der Waals surface area contributed by atoms with E-state index in [4.69, 9.17) is 9.47 Å². The zero-order valence-electron chi connectivity index (χ0n) is 15.4. The molecule has 2 aromatic rings. The average molecular weight is 389 g/mol. The quantitative estimate of drug-likeness (QED) is 0.760. The summed E-state index contributed by atoms with van der Waals surface area (Å²) in [5.41, 5.74) is 1.00. The molecule has 1 amide bonds. The van der Waals surface area contributed by atoms with Crippen LogP contribution in [-0.4, -0.2) is 45.2 Å². The van der Waals surface area contributed by atoms with Crippen LogP contribution in [0.15, 0.2) is 53.4 Å². The van der Waals surface area contributed by atoms with Crippen molar-refractivity contribution in [1.82, 2.24) is 4.90 Å². The van der Waals surface area contributed by atoms with Crippen LogP contribution in [0.5, 0.6) is 11.5 Å². The summed E-state index contributed by atoms with van der Waals surface area (Å²) >= 11 is 0. The smallest absolute Gasteiger partial charge is 0.223 e. The Balaban J connectivity index is 1.65.